The van der Waals surface area contributed by atoms with Crippen LogP contribution >= 0.6 is 23.2 Å². The van der Waals surface area contributed by atoms with Crippen LogP contribution in [-0.4, -0.2) is 25.0 Å². The quantitative estimate of drug-likeness (QED) is 0.867. The number of esters is 1. The number of carbonyl (C=O) groups is 2. The summed E-state index contributed by atoms with van der Waals surface area (Å²) >= 11 is 11.6. The monoisotopic (exact) mass is 289 g/mol. The van der Waals surface area contributed by atoms with Gasteiger partial charge in [-0.25, -0.2) is 0 Å². The minimum atomic E-state index is -0.382. The molecule has 0 saturated carbocycles. The van der Waals surface area contributed by atoms with E-state index in [1.54, 1.807) is 6.92 Å². The van der Waals surface area contributed by atoms with Gasteiger partial charge in [0.2, 0.25) is 0 Å². The number of nitrogens with one attached hydrogen (secondary N) is 1. The van der Waals surface area contributed by atoms with E-state index in [1.807, 2.05) is 0 Å². The van der Waals surface area contributed by atoms with Crippen LogP contribution in [0.5, 0.6) is 0 Å². The first-order valence-corrected chi connectivity index (χ1v) is 6.01. The molecular formula is C12H13Cl2NO3. The van der Waals surface area contributed by atoms with Crippen molar-refractivity contribution in [1.29, 1.82) is 0 Å². The molecule has 0 radical (unpaired) electrons. The smallest absolute Gasteiger partial charge is 0.307 e. The van der Waals surface area contributed by atoms with Crippen LogP contribution in [0.2, 0.25) is 10.0 Å². The van der Waals surface area contributed by atoms with Crippen molar-refractivity contribution in [2.45, 2.75) is 19.4 Å². The molecule has 0 aromatic heterocycles. The normalized spacial score (nSPS) is 11.8. The molecule has 0 heterocycles. The summed E-state index contributed by atoms with van der Waals surface area (Å²) in [6.45, 7) is 1.71. The summed E-state index contributed by atoms with van der Waals surface area (Å²) in [5.41, 5.74) is 0.351. The molecule has 0 saturated heterocycles. The summed E-state index contributed by atoms with van der Waals surface area (Å²) in [6.07, 6.45) is 0.108. The van der Waals surface area contributed by atoms with Crippen LogP contribution in [-0.2, 0) is 9.53 Å². The molecule has 18 heavy (non-hydrogen) atoms. The highest BCUT2D eigenvalue weighted by Gasteiger charge is 2.14. The molecule has 0 bridgehead atoms. The van der Waals surface area contributed by atoms with Gasteiger partial charge in [-0.15, -0.1) is 0 Å². The number of hydrogen-bond acceptors (Lipinski definition) is 3. The van der Waals surface area contributed by atoms with E-state index in [4.69, 9.17) is 23.2 Å². The van der Waals surface area contributed by atoms with Gasteiger partial charge in [-0.3, -0.25) is 9.59 Å². The van der Waals surface area contributed by atoms with Gasteiger partial charge in [-0.2, -0.15) is 0 Å². The predicted octanol–water partition coefficient (Wildman–Crippen LogP) is 2.67. The predicted molar refractivity (Wildman–Crippen MR) is 70.0 cm³/mol. The lowest BCUT2D eigenvalue weighted by atomic mass is 10.2. The largest absolute Gasteiger partial charge is 0.469 e. The van der Waals surface area contributed by atoms with E-state index in [2.05, 4.69) is 10.1 Å². The highest BCUT2D eigenvalue weighted by Crippen LogP contribution is 2.19. The molecule has 1 rings (SSSR count). The van der Waals surface area contributed by atoms with Crippen molar-refractivity contribution in [3.05, 3.63) is 33.8 Å². The first-order valence-electron chi connectivity index (χ1n) is 5.26. The summed E-state index contributed by atoms with van der Waals surface area (Å²) < 4.78 is 4.51. The lowest BCUT2D eigenvalue weighted by molar-refractivity contribution is -0.141. The van der Waals surface area contributed by atoms with Gasteiger partial charge in [-0.05, 0) is 25.1 Å². The maximum Gasteiger partial charge on any atom is 0.307 e. The summed E-state index contributed by atoms with van der Waals surface area (Å²) in [4.78, 5) is 22.9. The molecule has 4 nitrogen and oxygen atoms in total. The Hall–Kier alpha value is -1.26. The van der Waals surface area contributed by atoms with Gasteiger partial charge in [0.15, 0.2) is 0 Å². The molecule has 1 amide bonds. The first kappa shape index (κ1) is 14.8. The van der Waals surface area contributed by atoms with Crippen molar-refractivity contribution >= 4 is 35.1 Å². The second kappa shape index (κ2) is 6.61. The molecule has 0 aliphatic heterocycles. The van der Waals surface area contributed by atoms with Crippen molar-refractivity contribution < 1.29 is 14.3 Å². The lowest BCUT2D eigenvalue weighted by Gasteiger charge is -2.12. The number of carbonyl (C=O) groups excluding carboxylic acids is 2. The van der Waals surface area contributed by atoms with Gasteiger partial charge >= 0.3 is 5.97 Å². The van der Waals surface area contributed by atoms with Crippen molar-refractivity contribution in [2.24, 2.45) is 0 Å². The van der Waals surface area contributed by atoms with Gasteiger partial charge < -0.3 is 10.1 Å². The Morgan fingerprint density at radius 2 is 1.83 bits per heavy atom. The number of methoxy groups -OCH3 is 1. The minimum Gasteiger partial charge on any atom is -0.469 e. The van der Waals surface area contributed by atoms with Gasteiger partial charge in [0, 0.05) is 21.7 Å². The van der Waals surface area contributed by atoms with Gasteiger partial charge in [0.25, 0.3) is 5.91 Å². The summed E-state index contributed by atoms with van der Waals surface area (Å²) in [6, 6.07) is 4.22. The first-order chi connectivity index (χ1) is 8.42. The minimum absolute atomic E-state index is 0.108. The summed E-state index contributed by atoms with van der Waals surface area (Å²) in [5, 5.41) is 3.42. The van der Waals surface area contributed by atoms with E-state index in [1.165, 1.54) is 25.3 Å². The van der Waals surface area contributed by atoms with Gasteiger partial charge in [0.1, 0.15) is 0 Å². The van der Waals surface area contributed by atoms with E-state index in [9.17, 15) is 9.59 Å². The Morgan fingerprint density at radius 3 is 2.33 bits per heavy atom. The highest BCUT2D eigenvalue weighted by molar-refractivity contribution is 6.35. The molecule has 0 aliphatic carbocycles. The van der Waals surface area contributed by atoms with Gasteiger partial charge in [0.05, 0.1) is 13.5 Å². The van der Waals surface area contributed by atoms with Crippen LogP contribution in [0.15, 0.2) is 18.2 Å². The van der Waals surface area contributed by atoms with Crippen LogP contribution in [0.25, 0.3) is 0 Å². The number of ether oxygens (including phenoxy) is 1. The molecule has 1 aromatic rings. The number of rotatable bonds is 4. The van der Waals surface area contributed by atoms with Crippen LogP contribution < -0.4 is 5.32 Å². The molecule has 1 aromatic carbocycles. The zero-order valence-electron chi connectivity index (χ0n) is 10.00. The fraction of sp³-hybridized carbons (Fsp3) is 0.333. The van der Waals surface area contributed by atoms with Crippen LogP contribution in [0.3, 0.4) is 0 Å². The Bertz CT molecular complexity index is 442. The number of amides is 1. The van der Waals surface area contributed by atoms with Crippen molar-refractivity contribution in [3.63, 3.8) is 0 Å². The molecule has 1 N–H and O–H groups in total. The van der Waals surface area contributed by atoms with E-state index in [0.29, 0.717) is 15.6 Å². The maximum absolute atomic E-state index is 11.8. The Balaban J connectivity index is 2.67. The zero-order valence-corrected chi connectivity index (χ0v) is 11.5. The highest BCUT2D eigenvalue weighted by atomic mass is 35.5. The SMILES string of the molecule is COC(=O)CC(C)NC(=O)c1cc(Cl)cc(Cl)c1. The standard InChI is InChI=1S/C12H13Cl2NO3/c1-7(3-11(16)18-2)15-12(17)8-4-9(13)6-10(14)5-8/h4-7H,3H2,1-2H3,(H,15,17). The van der Waals surface area contributed by atoms with Gasteiger partial charge in [-0.1, -0.05) is 23.2 Å². The third kappa shape index (κ3) is 4.55. The summed E-state index contributed by atoms with van der Waals surface area (Å²) in [5.74, 6) is -0.720. The van der Waals surface area contributed by atoms with E-state index in [0.717, 1.165) is 0 Å². The topological polar surface area (TPSA) is 55.4 Å². The zero-order chi connectivity index (χ0) is 13.7. The Morgan fingerprint density at radius 1 is 1.28 bits per heavy atom. The van der Waals surface area contributed by atoms with Crippen molar-refractivity contribution in [3.8, 4) is 0 Å². The molecule has 0 spiro atoms. The molecule has 0 aliphatic rings. The molecule has 1 atom stereocenters. The number of hydrogen-bond donors (Lipinski definition) is 1. The molecular weight excluding hydrogens is 277 g/mol. The van der Waals surface area contributed by atoms with E-state index < -0.39 is 0 Å². The van der Waals surface area contributed by atoms with Crippen molar-refractivity contribution in [2.75, 3.05) is 7.11 Å². The van der Waals surface area contributed by atoms with Crippen molar-refractivity contribution in [1.82, 2.24) is 5.32 Å². The molecule has 1 unspecified atom stereocenters. The Kier molecular flexibility index (Phi) is 5.44. The van der Waals surface area contributed by atoms with E-state index in [-0.39, 0.29) is 24.3 Å². The molecule has 98 valence electrons. The third-order valence-electron chi connectivity index (χ3n) is 2.20. The average Bonchev–Trinajstić information content (AvgIpc) is 2.27. The fourth-order valence-electron chi connectivity index (χ4n) is 1.38. The third-order valence-corrected chi connectivity index (χ3v) is 2.64. The van der Waals surface area contributed by atoms with Crippen LogP contribution in [0.4, 0.5) is 0 Å². The second-order valence-corrected chi connectivity index (χ2v) is 4.69. The lowest BCUT2D eigenvalue weighted by Crippen LogP contribution is -2.34. The summed E-state index contributed by atoms with van der Waals surface area (Å²) in [7, 11) is 1.30. The number of benzene rings is 1. The maximum atomic E-state index is 11.8. The second-order valence-electron chi connectivity index (χ2n) is 3.81. The number of halogens is 2. The fourth-order valence-corrected chi connectivity index (χ4v) is 1.90. The average molecular weight is 290 g/mol. The van der Waals surface area contributed by atoms with Crippen LogP contribution in [0.1, 0.15) is 23.7 Å². The van der Waals surface area contributed by atoms with E-state index >= 15 is 0 Å². The van der Waals surface area contributed by atoms with Crippen LogP contribution in [0, 0.1) is 0 Å². The molecule has 6 heteroatoms. The Labute approximate surface area is 115 Å². The molecule has 0 fully saturated rings.